The molecule has 1 amide bonds. The molecule has 0 aliphatic carbocycles. The molecule has 98 valence electrons. The van der Waals surface area contributed by atoms with E-state index >= 15 is 0 Å². The van der Waals surface area contributed by atoms with E-state index in [0.717, 1.165) is 31.5 Å². The standard InChI is InChI=1S/C14H17ClFNO/c1-10-8-12(16)2-3-13(10)11-4-6-17(7-5-11)14(18)9-15/h2-3,8,11H,4-7,9H2,1H3. The summed E-state index contributed by atoms with van der Waals surface area (Å²) in [6.07, 6.45) is 1.85. The molecule has 4 heteroatoms. The van der Waals surface area contributed by atoms with Crippen LogP contribution in [-0.2, 0) is 4.79 Å². The molecule has 1 heterocycles. The van der Waals surface area contributed by atoms with Crippen LogP contribution in [0.25, 0.3) is 0 Å². The fraction of sp³-hybridized carbons (Fsp3) is 0.500. The van der Waals surface area contributed by atoms with Crippen LogP contribution in [0.1, 0.15) is 29.9 Å². The molecule has 2 nitrogen and oxygen atoms in total. The lowest BCUT2D eigenvalue weighted by Gasteiger charge is -2.32. The number of piperidine rings is 1. The number of carbonyl (C=O) groups excluding carboxylic acids is 1. The van der Waals surface area contributed by atoms with Gasteiger partial charge in [-0.25, -0.2) is 4.39 Å². The molecule has 0 atom stereocenters. The number of aryl methyl sites for hydroxylation is 1. The van der Waals surface area contributed by atoms with Crippen molar-refractivity contribution in [3.8, 4) is 0 Å². The minimum atomic E-state index is -0.189. The Morgan fingerprint density at radius 3 is 2.67 bits per heavy atom. The SMILES string of the molecule is Cc1cc(F)ccc1C1CCN(C(=O)CCl)CC1. The summed E-state index contributed by atoms with van der Waals surface area (Å²) >= 11 is 5.55. The van der Waals surface area contributed by atoms with Crippen LogP contribution in [0.4, 0.5) is 4.39 Å². The second-order valence-corrected chi connectivity index (χ2v) is 5.06. The maximum Gasteiger partial charge on any atom is 0.237 e. The van der Waals surface area contributed by atoms with Gasteiger partial charge in [0, 0.05) is 13.1 Å². The monoisotopic (exact) mass is 269 g/mol. The highest BCUT2D eigenvalue weighted by Gasteiger charge is 2.24. The van der Waals surface area contributed by atoms with Gasteiger partial charge >= 0.3 is 0 Å². The zero-order valence-corrected chi connectivity index (χ0v) is 11.2. The Kier molecular flexibility index (Phi) is 4.23. The zero-order chi connectivity index (χ0) is 13.1. The lowest BCUT2D eigenvalue weighted by atomic mass is 9.87. The molecule has 1 aromatic carbocycles. The molecule has 0 unspecified atom stereocenters. The van der Waals surface area contributed by atoms with E-state index < -0.39 is 0 Å². The van der Waals surface area contributed by atoms with E-state index in [1.807, 2.05) is 17.9 Å². The number of alkyl halides is 1. The third-order valence-electron chi connectivity index (χ3n) is 3.63. The van der Waals surface area contributed by atoms with Gasteiger partial charge in [-0.3, -0.25) is 4.79 Å². The third kappa shape index (κ3) is 2.83. The van der Waals surface area contributed by atoms with Crippen molar-refractivity contribution in [3.63, 3.8) is 0 Å². The molecular formula is C14H17ClFNO. The predicted octanol–water partition coefficient (Wildman–Crippen LogP) is 3.08. The van der Waals surface area contributed by atoms with Gasteiger partial charge in [-0.05, 0) is 48.9 Å². The Labute approximate surface area is 112 Å². The summed E-state index contributed by atoms with van der Waals surface area (Å²) in [5.74, 6) is 0.294. The fourth-order valence-corrected chi connectivity index (χ4v) is 2.79. The molecule has 0 spiro atoms. The van der Waals surface area contributed by atoms with E-state index in [4.69, 9.17) is 11.6 Å². The largest absolute Gasteiger partial charge is 0.342 e. The molecule has 18 heavy (non-hydrogen) atoms. The number of likely N-dealkylation sites (tertiary alicyclic amines) is 1. The number of carbonyl (C=O) groups is 1. The smallest absolute Gasteiger partial charge is 0.237 e. The number of benzene rings is 1. The van der Waals surface area contributed by atoms with Gasteiger partial charge in [0.25, 0.3) is 0 Å². The second-order valence-electron chi connectivity index (χ2n) is 4.79. The molecule has 1 aromatic rings. The highest BCUT2D eigenvalue weighted by molar-refractivity contribution is 6.27. The van der Waals surface area contributed by atoms with Gasteiger partial charge in [-0.1, -0.05) is 6.07 Å². The Hall–Kier alpha value is -1.09. The first-order valence-corrected chi connectivity index (χ1v) is 6.75. The van der Waals surface area contributed by atoms with Crippen LogP contribution >= 0.6 is 11.6 Å². The van der Waals surface area contributed by atoms with E-state index in [1.54, 1.807) is 6.07 Å². The van der Waals surface area contributed by atoms with E-state index in [1.165, 1.54) is 11.6 Å². The molecule has 0 aromatic heterocycles. The van der Waals surface area contributed by atoms with Gasteiger partial charge in [0.15, 0.2) is 0 Å². The van der Waals surface area contributed by atoms with Crippen LogP contribution in [-0.4, -0.2) is 29.8 Å². The summed E-state index contributed by atoms with van der Waals surface area (Å²) in [6, 6.07) is 4.96. The van der Waals surface area contributed by atoms with Crippen LogP contribution in [0.2, 0.25) is 0 Å². The number of hydrogen-bond acceptors (Lipinski definition) is 1. The average Bonchev–Trinajstić information content (AvgIpc) is 2.38. The van der Waals surface area contributed by atoms with Crippen LogP contribution < -0.4 is 0 Å². The van der Waals surface area contributed by atoms with Gasteiger partial charge in [0.1, 0.15) is 11.7 Å². The van der Waals surface area contributed by atoms with Crippen molar-refractivity contribution < 1.29 is 9.18 Å². The molecule has 0 radical (unpaired) electrons. The van der Waals surface area contributed by atoms with Crippen molar-refractivity contribution in [3.05, 3.63) is 35.1 Å². The number of halogens is 2. The minimum absolute atomic E-state index is 0.00550. The van der Waals surface area contributed by atoms with Crippen molar-refractivity contribution in [2.45, 2.75) is 25.7 Å². The third-order valence-corrected chi connectivity index (χ3v) is 3.86. The molecule has 1 aliphatic rings. The van der Waals surface area contributed by atoms with Gasteiger partial charge in [0.05, 0.1) is 0 Å². The molecule has 0 N–H and O–H groups in total. The summed E-state index contributed by atoms with van der Waals surface area (Å²) in [6.45, 7) is 3.43. The zero-order valence-electron chi connectivity index (χ0n) is 10.5. The molecule has 1 saturated heterocycles. The van der Waals surface area contributed by atoms with Crippen LogP contribution in [0.5, 0.6) is 0 Å². The first-order valence-electron chi connectivity index (χ1n) is 6.21. The molecule has 1 aliphatic heterocycles. The van der Waals surface area contributed by atoms with Crippen molar-refractivity contribution in [1.82, 2.24) is 4.90 Å². The molecule has 0 bridgehead atoms. The Balaban J connectivity index is 2.03. The van der Waals surface area contributed by atoms with Crippen molar-refractivity contribution in [2.75, 3.05) is 19.0 Å². The summed E-state index contributed by atoms with van der Waals surface area (Å²) in [5, 5.41) is 0. The maximum absolute atomic E-state index is 13.1. The van der Waals surface area contributed by atoms with Crippen LogP contribution in [0, 0.1) is 12.7 Å². The number of hydrogen-bond donors (Lipinski definition) is 0. The molecule has 2 rings (SSSR count). The van der Waals surface area contributed by atoms with Crippen molar-refractivity contribution >= 4 is 17.5 Å². The van der Waals surface area contributed by atoms with E-state index in [2.05, 4.69) is 0 Å². The van der Waals surface area contributed by atoms with Crippen molar-refractivity contribution in [2.24, 2.45) is 0 Å². The minimum Gasteiger partial charge on any atom is -0.342 e. The lowest BCUT2D eigenvalue weighted by molar-refractivity contribution is -0.129. The lowest BCUT2D eigenvalue weighted by Crippen LogP contribution is -2.38. The first-order chi connectivity index (χ1) is 8.61. The summed E-state index contributed by atoms with van der Waals surface area (Å²) in [5.41, 5.74) is 2.20. The maximum atomic E-state index is 13.1. The van der Waals surface area contributed by atoms with Crippen LogP contribution in [0.15, 0.2) is 18.2 Å². The number of nitrogens with zero attached hydrogens (tertiary/aromatic N) is 1. The highest BCUT2D eigenvalue weighted by Crippen LogP contribution is 2.30. The van der Waals surface area contributed by atoms with Gasteiger partial charge in [-0.2, -0.15) is 0 Å². The Morgan fingerprint density at radius 1 is 1.44 bits per heavy atom. The highest BCUT2D eigenvalue weighted by atomic mass is 35.5. The van der Waals surface area contributed by atoms with Gasteiger partial charge in [-0.15, -0.1) is 11.6 Å². The van der Waals surface area contributed by atoms with E-state index in [-0.39, 0.29) is 17.6 Å². The van der Waals surface area contributed by atoms with E-state index in [0.29, 0.717) is 5.92 Å². The second kappa shape index (κ2) is 5.70. The van der Waals surface area contributed by atoms with Gasteiger partial charge in [0.2, 0.25) is 5.91 Å². The average molecular weight is 270 g/mol. The van der Waals surface area contributed by atoms with Crippen LogP contribution in [0.3, 0.4) is 0 Å². The van der Waals surface area contributed by atoms with Gasteiger partial charge < -0.3 is 4.90 Å². The normalized spacial score (nSPS) is 16.9. The van der Waals surface area contributed by atoms with Crippen molar-refractivity contribution in [1.29, 1.82) is 0 Å². The Morgan fingerprint density at radius 2 is 2.11 bits per heavy atom. The molecule has 1 fully saturated rings. The molecule has 0 saturated carbocycles. The van der Waals surface area contributed by atoms with E-state index in [9.17, 15) is 9.18 Å². The summed E-state index contributed by atoms with van der Waals surface area (Å²) in [7, 11) is 0. The Bertz CT molecular complexity index is 441. The fourth-order valence-electron chi connectivity index (χ4n) is 2.62. The summed E-state index contributed by atoms with van der Waals surface area (Å²) in [4.78, 5) is 13.3. The number of amides is 1. The summed E-state index contributed by atoms with van der Waals surface area (Å²) < 4.78 is 13.1. The first kappa shape index (κ1) is 13.3. The predicted molar refractivity (Wildman–Crippen MR) is 70.4 cm³/mol. The topological polar surface area (TPSA) is 20.3 Å². The molecular weight excluding hydrogens is 253 g/mol. The quantitative estimate of drug-likeness (QED) is 0.756. The number of rotatable bonds is 2.